The van der Waals surface area contributed by atoms with Gasteiger partial charge < -0.3 is 19.9 Å². The summed E-state index contributed by atoms with van der Waals surface area (Å²) in [6.45, 7) is 6.86. The van der Waals surface area contributed by atoms with E-state index in [0.29, 0.717) is 44.0 Å². The first-order valence-electron chi connectivity index (χ1n) is 13.1. The van der Waals surface area contributed by atoms with Crippen molar-refractivity contribution in [2.24, 2.45) is 0 Å². The molecule has 0 atom stereocenters. The molecule has 3 aliphatic rings. The molecule has 206 valence electrons. The maximum atomic E-state index is 12.9. The van der Waals surface area contributed by atoms with Crippen LogP contribution in [0.3, 0.4) is 0 Å². The Kier molecular flexibility index (Phi) is 8.12. The summed E-state index contributed by atoms with van der Waals surface area (Å²) in [6, 6.07) is 8.45. The minimum absolute atomic E-state index is 0.0475. The number of carbonyl (C=O) groups excluding carboxylic acids is 2. The van der Waals surface area contributed by atoms with Gasteiger partial charge in [-0.1, -0.05) is 0 Å². The number of hydroxylamine groups is 1. The summed E-state index contributed by atoms with van der Waals surface area (Å²) in [5, 5.41) is 24.3. The van der Waals surface area contributed by atoms with Crippen LogP contribution in [0.15, 0.2) is 47.9 Å². The average Bonchev–Trinajstić information content (AvgIpc) is 2.98. The van der Waals surface area contributed by atoms with Crippen LogP contribution in [0.25, 0.3) is 0 Å². The second-order valence-corrected chi connectivity index (χ2v) is 9.61. The largest absolute Gasteiger partial charge is 0.378 e. The van der Waals surface area contributed by atoms with Gasteiger partial charge in [-0.3, -0.25) is 29.6 Å². The summed E-state index contributed by atoms with van der Waals surface area (Å²) in [4.78, 5) is 47.4. The molecule has 5 rings (SSSR count). The molecule has 0 bridgehead atoms. The summed E-state index contributed by atoms with van der Waals surface area (Å²) in [5.74, 6) is -0.833. The lowest BCUT2D eigenvalue weighted by atomic mass is 9.94. The summed E-state index contributed by atoms with van der Waals surface area (Å²) >= 11 is 0. The van der Waals surface area contributed by atoms with Crippen molar-refractivity contribution >= 4 is 28.6 Å². The third kappa shape index (κ3) is 5.61. The number of piperazine rings is 1. The smallest absolute Gasteiger partial charge is 0.292 e. The molecule has 13 heteroatoms. The number of hydrogen-bond acceptors (Lipinski definition) is 11. The zero-order valence-electron chi connectivity index (χ0n) is 21.5. The molecule has 2 aromatic rings. The standard InChI is InChI=1S/C26H31N7O6/c34-25-19-3-1-6-27-22(19)26(35)23(24(25)29-36)28-7-2-8-30-9-11-31(12-10-30)18-4-5-20(33(37)38)21(17-18)32-13-15-39-16-14-32/h1,3-6,17,28-29,36H,2,7-16H2/p+1. The van der Waals surface area contributed by atoms with Crippen molar-refractivity contribution in [1.82, 2.24) is 15.2 Å². The number of ether oxygens (including phenoxy) is 1. The van der Waals surface area contributed by atoms with E-state index in [0.717, 1.165) is 44.8 Å². The van der Waals surface area contributed by atoms with E-state index in [9.17, 15) is 24.9 Å². The van der Waals surface area contributed by atoms with Crippen molar-refractivity contribution in [2.75, 3.05) is 75.4 Å². The number of benzene rings is 1. The van der Waals surface area contributed by atoms with E-state index in [4.69, 9.17) is 4.74 Å². The summed E-state index contributed by atoms with van der Waals surface area (Å²) < 4.78 is 5.41. The van der Waals surface area contributed by atoms with Crippen molar-refractivity contribution in [2.45, 2.75) is 6.42 Å². The number of quaternary nitrogens is 1. The van der Waals surface area contributed by atoms with E-state index in [-0.39, 0.29) is 33.3 Å². The normalized spacial score (nSPS) is 18.4. The number of nitrogens with zero attached hydrogens (tertiary/aromatic N) is 5. The molecule has 1 aromatic heterocycles. The van der Waals surface area contributed by atoms with Gasteiger partial charge in [0.1, 0.15) is 11.4 Å². The maximum Gasteiger partial charge on any atom is 0.292 e. The highest BCUT2D eigenvalue weighted by Crippen LogP contribution is 2.33. The molecule has 4 N–H and O–H groups in total. The Morgan fingerprint density at radius 2 is 1.82 bits per heavy atom. The lowest BCUT2D eigenvalue weighted by molar-refractivity contribution is -0.846. The molecule has 3 heterocycles. The van der Waals surface area contributed by atoms with Crippen LogP contribution in [0, 0.1) is 10.1 Å². The molecule has 0 amide bonds. The van der Waals surface area contributed by atoms with Crippen LogP contribution in [-0.2, 0) is 4.74 Å². The third-order valence-corrected chi connectivity index (χ3v) is 7.34. The zero-order valence-corrected chi connectivity index (χ0v) is 21.5. The molecule has 0 unspecified atom stereocenters. The SMILES string of the molecule is O=C1C([NH2+]O)=C(NCCCN2CCN(c3ccc([N+](=O)[O-])c(N4CCOCC4)c3)CC2)C(=O)c2ncccc21. The number of nitrogens with one attached hydrogen (secondary N) is 1. The second-order valence-electron chi connectivity index (χ2n) is 9.61. The van der Waals surface area contributed by atoms with Crippen LogP contribution in [-0.4, -0.2) is 97.2 Å². The fourth-order valence-corrected chi connectivity index (χ4v) is 5.23. The number of ketones is 2. The lowest BCUT2D eigenvalue weighted by Crippen LogP contribution is -2.81. The number of pyridine rings is 1. The van der Waals surface area contributed by atoms with E-state index in [1.165, 1.54) is 12.3 Å². The highest BCUT2D eigenvalue weighted by atomic mass is 16.6. The van der Waals surface area contributed by atoms with Crippen LogP contribution in [0.5, 0.6) is 0 Å². The van der Waals surface area contributed by atoms with Gasteiger partial charge in [-0.05, 0) is 37.2 Å². The van der Waals surface area contributed by atoms with E-state index in [1.54, 1.807) is 12.1 Å². The molecule has 1 aliphatic carbocycles. The van der Waals surface area contributed by atoms with Gasteiger partial charge in [-0.2, -0.15) is 5.48 Å². The molecule has 0 saturated carbocycles. The zero-order chi connectivity index (χ0) is 27.4. The number of allylic oxidation sites excluding steroid dienone is 2. The Bertz CT molecular complexity index is 1290. The fourth-order valence-electron chi connectivity index (χ4n) is 5.23. The maximum absolute atomic E-state index is 12.9. The molecule has 1 aromatic carbocycles. The van der Waals surface area contributed by atoms with Crippen LogP contribution < -0.4 is 20.6 Å². The van der Waals surface area contributed by atoms with Crippen molar-refractivity contribution in [3.8, 4) is 0 Å². The van der Waals surface area contributed by atoms with Crippen molar-refractivity contribution < 1.29 is 29.9 Å². The van der Waals surface area contributed by atoms with E-state index in [2.05, 4.69) is 20.1 Å². The first-order valence-corrected chi connectivity index (χ1v) is 13.1. The summed E-state index contributed by atoms with van der Waals surface area (Å²) in [6.07, 6.45) is 2.20. The lowest BCUT2D eigenvalue weighted by Gasteiger charge is -2.37. The Balaban J connectivity index is 1.14. The molecule has 0 radical (unpaired) electrons. The third-order valence-electron chi connectivity index (χ3n) is 7.34. The number of rotatable bonds is 9. The van der Waals surface area contributed by atoms with Crippen LogP contribution in [0.2, 0.25) is 0 Å². The number of Topliss-reactive ketones (excluding diaryl/α,β-unsaturated/α-hetero) is 2. The number of morpholine rings is 1. The molecule has 2 aliphatic heterocycles. The summed E-state index contributed by atoms with van der Waals surface area (Å²) in [7, 11) is 0. The number of fused-ring (bicyclic) bond motifs is 1. The Hall–Kier alpha value is -3.91. The van der Waals surface area contributed by atoms with Crippen LogP contribution in [0.4, 0.5) is 17.1 Å². The predicted molar refractivity (Wildman–Crippen MR) is 141 cm³/mol. The highest BCUT2D eigenvalue weighted by Gasteiger charge is 2.36. The monoisotopic (exact) mass is 538 g/mol. The topological polar surface area (TPSA) is 158 Å². The van der Waals surface area contributed by atoms with Crippen molar-refractivity contribution in [1.29, 1.82) is 0 Å². The van der Waals surface area contributed by atoms with Crippen molar-refractivity contribution in [3.05, 3.63) is 69.3 Å². The van der Waals surface area contributed by atoms with Gasteiger partial charge >= 0.3 is 0 Å². The van der Waals surface area contributed by atoms with Gasteiger partial charge in [0.05, 0.1) is 23.7 Å². The van der Waals surface area contributed by atoms with Crippen LogP contribution in [0.1, 0.15) is 27.3 Å². The van der Waals surface area contributed by atoms with Gasteiger partial charge in [-0.25, -0.2) is 5.21 Å². The minimum Gasteiger partial charge on any atom is -0.378 e. The highest BCUT2D eigenvalue weighted by molar-refractivity contribution is 6.24. The quantitative estimate of drug-likeness (QED) is 0.227. The van der Waals surface area contributed by atoms with E-state index < -0.39 is 11.6 Å². The number of nitrogens with two attached hydrogens (primary N) is 1. The molecule has 0 spiro atoms. The second kappa shape index (κ2) is 11.9. The van der Waals surface area contributed by atoms with E-state index in [1.807, 2.05) is 17.0 Å². The molecule has 39 heavy (non-hydrogen) atoms. The number of aromatic nitrogens is 1. The number of nitro groups is 1. The average molecular weight is 539 g/mol. The predicted octanol–water partition coefficient (Wildman–Crippen LogP) is 0.172. The molecule has 2 saturated heterocycles. The van der Waals surface area contributed by atoms with Gasteiger partial charge in [0.15, 0.2) is 5.70 Å². The van der Waals surface area contributed by atoms with Gasteiger partial charge in [0, 0.05) is 63.8 Å². The fraction of sp³-hybridized carbons (Fsp3) is 0.423. The first-order chi connectivity index (χ1) is 19.0. The van der Waals surface area contributed by atoms with Gasteiger partial charge in [-0.15, -0.1) is 0 Å². The summed E-state index contributed by atoms with van der Waals surface area (Å²) in [5.41, 5.74) is 2.71. The van der Waals surface area contributed by atoms with Crippen molar-refractivity contribution in [3.63, 3.8) is 0 Å². The Morgan fingerprint density at radius 3 is 2.54 bits per heavy atom. The molecule has 13 nitrogen and oxygen atoms in total. The van der Waals surface area contributed by atoms with Gasteiger partial charge in [0.25, 0.3) is 11.5 Å². The number of hydrogen-bond donors (Lipinski definition) is 3. The molecule has 2 fully saturated rings. The number of nitro benzene ring substituents is 1. The molecular formula is C26H32N7O6+. The first kappa shape index (κ1) is 26.7. The number of carbonyl (C=O) groups is 2. The minimum atomic E-state index is -0.429. The van der Waals surface area contributed by atoms with E-state index >= 15 is 0 Å². The Labute approximate surface area is 225 Å². The molecular weight excluding hydrogens is 506 g/mol. The van der Waals surface area contributed by atoms with Crippen LogP contribution >= 0.6 is 0 Å². The Morgan fingerprint density at radius 1 is 1.05 bits per heavy atom. The number of anilines is 2. The van der Waals surface area contributed by atoms with Gasteiger partial charge in [0.2, 0.25) is 11.5 Å².